The van der Waals surface area contributed by atoms with Gasteiger partial charge in [-0.3, -0.25) is 9.63 Å². The lowest BCUT2D eigenvalue weighted by molar-refractivity contribution is -0.712. The van der Waals surface area contributed by atoms with Crippen LogP contribution in [0.15, 0.2) is 95.1 Å². The number of rotatable bonds is 13. The average molecular weight is 733 g/mol. The number of carbonyl (C=O) groups excluding carboxylic acids is 2. The number of halogens is 3. The van der Waals surface area contributed by atoms with Gasteiger partial charge in [0.1, 0.15) is 0 Å². The molecular formula is C33H35F3N6O8S. The van der Waals surface area contributed by atoms with Gasteiger partial charge >= 0.3 is 12.3 Å². The summed E-state index contributed by atoms with van der Waals surface area (Å²) in [4.78, 5) is 29.6. The standard InChI is InChI=1S/C33H35F3N6O8S/c1-21(2)48-32(44)49-23(4)50-39-42(45)40(5)29(19-24-9-7-6-8-10-24)31(43)38-51(46,47)27-17-15-26(16-18-27)41-28(20-30(37-41)33(34,35)36)25-13-11-22(3)12-14-25/h6-18,20-21,23,29H,19H2,1-5H3,(H,38,43)/t23?,29-/m0/s1. The van der Waals surface area contributed by atoms with Crippen LogP contribution in [0.2, 0.25) is 0 Å². The number of sulfonamides is 1. The van der Waals surface area contributed by atoms with Crippen LogP contribution in [0.3, 0.4) is 0 Å². The summed E-state index contributed by atoms with van der Waals surface area (Å²) in [6.07, 6.45) is -7.80. The van der Waals surface area contributed by atoms with Crippen LogP contribution >= 0.6 is 0 Å². The third-order valence-electron chi connectivity index (χ3n) is 7.13. The maximum absolute atomic E-state index is 13.6. The maximum atomic E-state index is 13.6. The molecule has 0 bridgehead atoms. The van der Waals surface area contributed by atoms with Crippen molar-refractivity contribution in [3.05, 3.63) is 107 Å². The lowest BCUT2D eigenvalue weighted by Crippen LogP contribution is -2.50. The molecule has 0 saturated carbocycles. The van der Waals surface area contributed by atoms with Crippen molar-refractivity contribution in [1.82, 2.24) is 19.5 Å². The Morgan fingerprint density at radius 3 is 2.22 bits per heavy atom. The molecule has 1 heterocycles. The molecule has 4 rings (SSSR count). The molecule has 0 spiro atoms. The summed E-state index contributed by atoms with van der Waals surface area (Å²) in [6, 6.07) is 19.3. The number of likely N-dealkylation sites (N-methyl/N-ethyl adjacent to an activating group) is 1. The van der Waals surface area contributed by atoms with Crippen LogP contribution in [-0.2, 0) is 41.7 Å². The Morgan fingerprint density at radius 1 is 1.00 bits per heavy atom. The molecule has 1 aromatic heterocycles. The first-order valence-electron chi connectivity index (χ1n) is 15.3. The maximum Gasteiger partial charge on any atom is 0.511 e. The lowest BCUT2D eigenvalue weighted by atomic mass is 10.1. The van der Waals surface area contributed by atoms with Crippen LogP contribution in [0.5, 0.6) is 0 Å². The predicted molar refractivity (Wildman–Crippen MR) is 175 cm³/mol. The number of carbonyl (C=O) groups is 2. The Bertz CT molecular complexity index is 1950. The number of aryl methyl sites for hydroxylation is 1. The quantitative estimate of drug-likeness (QED) is 0.0572. The second-order valence-electron chi connectivity index (χ2n) is 11.5. The van der Waals surface area contributed by atoms with E-state index in [2.05, 4.69) is 10.4 Å². The van der Waals surface area contributed by atoms with Gasteiger partial charge in [-0.05, 0) is 56.7 Å². The van der Waals surface area contributed by atoms with Gasteiger partial charge in [-0.15, -0.1) is 5.01 Å². The van der Waals surface area contributed by atoms with Gasteiger partial charge in [-0.25, -0.2) is 22.6 Å². The number of benzene rings is 3. The third-order valence-corrected chi connectivity index (χ3v) is 8.49. The molecule has 1 amide bonds. The number of nitrogens with zero attached hydrogens (tertiary/aromatic N) is 5. The third kappa shape index (κ3) is 10.2. The van der Waals surface area contributed by atoms with E-state index in [1.165, 1.54) is 19.1 Å². The zero-order valence-corrected chi connectivity index (χ0v) is 28.9. The summed E-state index contributed by atoms with van der Waals surface area (Å²) in [5.74, 6) is -1.12. The summed E-state index contributed by atoms with van der Waals surface area (Å²) < 4.78 is 80.3. The van der Waals surface area contributed by atoms with Crippen LogP contribution in [-0.4, -0.2) is 65.7 Å². The molecule has 2 atom stereocenters. The van der Waals surface area contributed by atoms with Crippen LogP contribution in [0, 0.1) is 12.1 Å². The van der Waals surface area contributed by atoms with Gasteiger partial charge in [-0.2, -0.15) is 18.3 Å². The highest BCUT2D eigenvalue weighted by atomic mass is 32.2. The largest absolute Gasteiger partial charge is 0.569 e. The fraction of sp³-hybridized carbons (Fsp3) is 0.303. The molecule has 14 nitrogen and oxygen atoms in total. The normalized spacial score (nSPS) is 13.3. The lowest BCUT2D eigenvalue weighted by Gasteiger charge is -2.23. The molecule has 0 radical (unpaired) electrons. The Morgan fingerprint density at radius 2 is 1.63 bits per heavy atom. The minimum atomic E-state index is -4.74. The molecule has 51 heavy (non-hydrogen) atoms. The van der Waals surface area contributed by atoms with E-state index in [-0.39, 0.29) is 22.8 Å². The average Bonchev–Trinajstić information content (AvgIpc) is 3.52. The van der Waals surface area contributed by atoms with Crippen LogP contribution in [0.1, 0.15) is 37.6 Å². The van der Waals surface area contributed by atoms with Crippen molar-refractivity contribution in [3.63, 3.8) is 0 Å². The van der Waals surface area contributed by atoms with Crippen LogP contribution in [0.25, 0.3) is 16.9 Å². The van der Waals surface area contributed by atoms with Crippen molar-refractivity contribution in [1.29, 1.82) is 0 Å². The van der Waals surface area contributed by atoms with Crippen molar-refractivity contribution < 1.29 is 50.5 Å². The molecule has 18 heteroatoms. The van der Waals surface area contributed by atoms with Crippen molar-refractivity contribution in [2.45, 2.75) is 63.6 Å². The number of nitrogens with one attached hydrogen (secondary N) is 1. The number of amides is 1. The summed E-state index contributed by atoms with van der Waals surface area (Å²) >= 11 is 0. The molecule has 3 aromatic carbocycles. The zero-order chi connectivity index (χ0) is 37.5. The first kappa shape index (κ1) is 38.2. The Balaban J connectivity index is 1.57. The Kier molecular flexibility index (Phi) is 11.9. The number of hydrogen-bond donors (Lipinski definition) is 1. The van der Waals surface area contributed by atoms with Crippen molar-refractivity contribution >= 4 is 22.1 Å². The molecule has 0 aliphatic heterocycles. The summed E-state index contributed by atoms with van der Waals surface area (Å²) in [5, 5.41) is 20.6. The predicted octanol–water partition coefficient (Wildman–Crippen LogP) is 5.93. The number of hydrogen-bond acceptors (Lipinski definition) is 10. The topological polar surface area (TPSA) is 167 Å². The molecule has 1 N–H and O–H groups in total. The first-order chi connectivity index (χ1) is 23.9. The van der Waals surface area contributed by atoms with Crippen molar-refractivity contribution in [2.75, 3.05) is 7.05 Å². The minimum Gasteiger partial charge on any atom is -0.569 e. The minimum absolute atomic E-state index is 0.117. The second kappa shape index (κ2) is 15.9. The van der Waals surface area contributed by atoms with Crippen LogP contribution in [0.4, 0.5) is 18.0 Å². The molecule has 0 aliphatic rings. The van der Waals surface area contributed by atoms with E-state index in [4.69, 9.17) is 14.3 Å². The highest BCUT2D eigenvalue weighted by molar-refractivity contribution is 7.90. The van der Waals surface area contributed by atoms with E-state index in [0.29, 0.717) is 11.1 Å². The fourth-order valence-corrected chi connectivity index (χ4v) is 5.58. The molecule has 0 fully saturated rings. The highest BCUT2D eigenvalue weighted by Crippen LogP contribution is 2.33. The van der Waals surface area contributed by atoms with Gasteiger partial charge in [0, 0.05) is 18.9 Å². The number of hydrazine groups is 1. The molecule has 4 aromatic rings. The van der Waals surface area contributed by atoms with E-state index in [1.807, 2.05) is 11.6 Å². The molecule has 1 unspecified atom stereocenters. The smallest absolute Gasteiger partial charge is 0.511 e. The Labute approximate surface area is 291 Å². The number of aromatic nitrogens is 2. The number of alkyl halides is 3. The SMILES string of the molecule is Cc1ccc(-c2cc(C(F)(F)F)nn2-c2ccc(S(=O)(=O)NC(=O)[C@H](Cc3ccccc3)N(C)[N+]([O-])=NOC(C)OC(=O)OC(C)C)cc2)cc1. The molecule has 0 saturated heterocycles. The monoisotopic (exact) mass is 732 g/mol. The van der Waals surface area contributed by atoms with Gasteiger partial charge < -0.3 is 14.7 Å². The molecule has 272 valence electrons. The summed E-state index contributed by atoms with van der Waals surface area (Å²) in [7, 11) is -3.41. The van der Waals surface area contributed by atoms with Crippen molar-refractivity contribution in [2.24, 2.45) is 5.28 Å². The molecular weight excluding hydrogens is 697 g/mol. The van der Waals surface area contributed by atoms with Gasteiger partial charge in [0.15, 0.2) is 11.7 Å². The van der Waals surface area contributed by atoms with E-state index in [0.717, 1.165) is 40.5 Å². The van der Waals surface area contributed by atoms with E-state index < -0.39 is 57.3 Å². The van der Waals surface area contributed by atoms with E-state index in [1.54, 1.807) is 68.4 Å². The zero-order valence-electron chi connectivity index (χ0n) is 28.1. The van der Waals surface area contributed by atoms with Gasteiger partial charge in [-0.1, -0.05) is 60.2 Å². The summed E-state index contributed by atoms with van der Waals surface area (Å²) in [6.45, 7) is 6.28. The Hall–Kier alpha value is -5.65. The fourth-order valence-electron chi connectivity index (χ4n) is 4.56. The van der Waals surface area contributed by atoms with Crippen molar-refractivity contribution in [3.8, 4) is 16.9 Å². The highest BCUT2D eigenvalue weighted by Gasteiger charge is 2.36. The van der Waals surface area contributed by atoms with E-state index in [9.17, 15) is 36.4 Å². The summed E-state index contributed by atoms with van der Waals surface area (Å²) in [5.41, 5.74) is 0.997. The number of ether oxygens (including phenoxy) is 2. The van der Waals surface area contributed by atoms with Gasteiger partial charge in [0.2, 0.25) is 5.28 Å². The van der Waals surface area contributed by atoms with Crippen LogP contribution < -0.4 is 4.72 Å². The van der Waals surface area contributed by atoms with E-state index >= 15 is 0 Å². The molecule has 0 aliphatic carbocycles. The van der Waals surface area contributed by atoms with Gasteiger partial charge in [0.25, 0.3) is 22.2 Å². The first-order valence-corrected chi connectivity index (χ1v) is 16.8. The second-order valence-corrected chi connectivity index (χ2v) is 13.2. The van der Waals surface area contributed by atoms with Gasteiger partial charge in [0.05, 0.1) is 34.4 Å².